The first kappa shape index (κ1) is 37.0. The highest BCUT2D eigenvalue weighted by Gasteiger charge is 2.20. The fourth-order valence-electron chi connectivity index (χ4n) is 5.58. The van der Waals surface area contributed by atoms with Crippen LogP contribution in [0.1, 0.15) is 48.4 Å². The number of carbonyl (C=O) groups is 4. The Morgan fingerprint density at radius 2 is 1.24 bits per heavy atom. The first-order chi connectivity index (χ1) is 24.4. The molecule has 5 aromatic rings. The lowest BCUT2D eigenvalue weighted by Gasteiger charge is -2.23. The van der Waals surface area contributed by atoms with Gasteiger partial charge in [0.15, 0.2) is 0 Å². The van der Waals surface area contributed by atoms with Gasteiger partial charge < -0.3 is 50.6 Å². The monoisotopic (exact) mass is 823 g/mol. The highest BCUT2D eigenvalue weighted by Crippen LogP contribution is 2.25. The molecule has 0 aliphatic carbocycles. The van der Waals surface area contributed by atoms with E-state index in [2.05, 4.69) is 69.1 Å². The highest BCUT2D eigenvalue weighted by molar-refractivity contribution is 9.09. The number of benzene rings is 1. The molecule has 8 N–H and O–H groups in total. The van der Waals surface area contributed by atoms with Gasteiger partial charge in [0.05, 0.1) is 22.9 Å². The van der Waals surface area contributed by atoms with E-state index in [-0.39, 0.29) is 36.3 Å². The van der Waals surface area contributed by atoms with E-state index >= 15 is 0 Å². The first-order valence-corrected chi connectivity index (χ1v) is 18.1. The quantitative estimate of drug-likeness (QED) is 0.0458. The fraction of sp³-hybridized carbons (Fsp3) is 0.265. The van der Waals surface area contributed by atoms with Gasteiger partial charge in [-0.05, 0) is 42.5 Å². The number of nitrogens with zero attached hydrogens (tertiary/aromatic N) is 4. The van der Waals surface area contributed by atoms with Crippen molar-refractivity contribution in [1.82, 2.24) is 24.0 Å². The summed E-state index contributed by atoms with van der Waals surface area (Å²) in [5.74, 6) is -1.62. The molecule has 0 spiro atoms. The molecule has 4 heterocycles. The summed E-state index contributed by atoms with van der Waals surface area (Å²) in [5.41, 5.74) is 9.74. The van der Waals surface area contributed by atoms with Crippen LogP contribution in [0, 0.1) is 5.41 Å². The minimum absolute atomic E-state index is 0.0271. The van der Waals surface area contributed by atoms with Crippen molar-refractivity contribution in [2.45, 2.75) is 6.42 Å². The molecule has 0 aliphatic rings. The predicted molar refractivity (Wildman–Crippen MR) is 207 cm³/mol. The van der Waals surface area contributed by atoms with Gasteiger partial charge in [0, 0.05) is 93.0 Å². The molecule has 0 atom stereocenters. The molecule has 0 bridgehead atoms. The third-order valence-corrected chi connectivity index (χ3v) is 8.80. The molecule has 0 radical (unpaired) electrons. The molecular weight excluding hydrogens is 786 g/mol. The van der Waals surface area contributed by atoms with Crippen molar-refractivity contribution in [2.24, 2.45) is 26.9 Å². The van der Waals surface area contributed by atoms with Gasteiger partial charge >= 0.3 is 0 Å². The summed E-state index contributed by atoms with van der Waals surface area (Å²) in [4.78, 5) is 57.5. The number of aromatic nitrogens is 4. The molecule has 51 heavy (non-hydrogen) atoms. The lowest BCUT2D eigenvalue weighted by Crippen LogP contribution is -2.28. The molecule has 0 aliphatic heterocycles. The third kappa shape index (κ3) is 8.90. The van der Waals surface area contributed by atoms with Gasteiger partial charge in [-0.25, -0.2) is 0 Å². The van der Waals surface area contributed by atoms with Crippen LogP contribution >= 0.6 is 31.9 Å². The van der Waals surface area contributed by atoms with Crippen molar-refractivity contribution in [3.8, 4) is 0 Å². The molecule has 15 nitrogen and oxygen atoms in total. The van der Waals surface area contributed by atoms with Crippen LogP contribution in [0.3, 0.4) is 0 Å². The Labute approximate surface area is 310 Å². The van der Waals surface area contributed by atoms with Crippen LogP contribution < -0.4 is 31.9 Å². The molecule has 0 unspecified atom stereocenters. The lowest BCUT2D eigenvalue weighted by molar-refractivity contribution is 0.0944. The molecule has 17 heteroatoms. The SMILES string of the molecule is Cn1cc(NC(=O)c2cc(NC(=O)c3cc(NC(=O)c4cc5cc(N(CCBr)CCBr)ccc5[nH]4)cn3C)cn2C)cc1C(=O)NCCC(=N)N. The zero-order valence-corrected chi connectivity index (χ0v) is 31.4. The van der Waals surface area contributed by atoms with Crippen LogP contribution in [0.4, 0.5) is 22.7 Å². The normalized spacial score (nSPS) is 11.0. The predicted octanol–water partition coefficient (Wildman–Crippen LogP) is 4.59. The number of aromatic amines is 1. The zero-order chi connectivity index (χ0) is 36.8. The summed E-state index contributed by atoms with van der Waals surface area (Å²) in [7, 11) is 5.05. The number of anilines is 4. The van der Waals surface area contributed by atoms with Crippen molar-refractivity contribution < 1.29 is 19.2 Å². The second kappa shape index (κ2) is 16.2. The molecule has 268 valence electrons. The van der Waals surface area contributed by atoms with Crippen LogP contribution in [-0.4, -0.2) is 78.4 Å². The number of fused-ring (bicyclic) bond motifs is 1. The van der Waals surface area contributed by atoms with E-state index in [4.69, 9.17) is 11.1 Å². The van der Waals surface area contributed by atoms with Gasteiger partial charge in [0.1, 0.15) is 22.8 Å². The number of hydrogen-bond donors (Lipinski definition) is 7. The molecule has 5 rings (SSSR count). The largest absolute Gasteiger partial charge is 0.388 e. The standard InChI is InChI=1S/C34H39Br2N11O4/c1-44-18-22(14-27(44)32(49)39-9-6-30(37)38)41-34(51)29-16-23(19-46(29)3)42-33(50)28-15-21(17-45(28)2)40-31(48)26-13-20-12-24(4-5-25(20)43-26)47(10-7-35)11-8-36/h4-5,12-19,43H,6-11H2,1-3H3,(H3,37,38)(H,39,49)(H,40,48)(H,41,51)(H,42,50). The Morgan fingerprint density at radius 1 is 0.745 bits per heavy atom. The molecule has 4 aromatic heterocycles. The zero-order valence-electron chi connectivity index (χ0n) is 28.3. The van der Waals surface area contributed by atoms with Crippen molar-refractivity contribution in [3.05, 3.63) is 83.8 Å². The van der Waals surface area contributed by atoms with Gasteiger partial charge in [-0.3, -0.25) is 24.6 Å². The van der Waals surface area contributed by atoms with Gasteiger partial charge in [-0.15, -0.1) is 0 Å². The van der Waals surface area contributed by atoms with Gasteiger partial charge in [0.2, 0.25) is 0 Å². The highest BCUT2D eigenvalue weighted by atomic mass is 79.9. The number of nitrogens with two attached hydrogens (primary N) is 1. The maximum absolute atomic E-state index is 13.3. The molecule has 4 amide bonds. The Hall–Kier alpha value is -5.29. The average molecular weight is 826 g/mol. The van der Waals surface area contributed by atoms with Crippen LogP contribution in [0.5, 0.6) is 0 Å². The second-order valence-electron chi connectivity index (χ2n) is 11.9. The van der Waals surface area contributed by atoms with Gasteiger partial charge in [-0.1, -0.05) is 31.9 Å². The topological polar surface area (TPSA) is 200 Å². The van der Waals surface area contributed by atoms with E-state index in [1.807, 2.05) is 12.1 Å². The van der Waals surface area contributed by atoms with E-state index < -0.39 is 11.8 Å². The van der Waals surface area contributed by atoms with Crippen LogP contribution in [0.25, 0.3) is 10.9 Å². The number of H-pyrrole nitrogens is 1. The van der Waals surface area contributed by atoms with E-state index in [1.165, 1.54) is 6.07 Å². The van der Waals surface area contributed by atoms with E-state index in [0.29, 0.717) is 34.1 Å². The van der Waals surface area contributed by atoms with Crippen molar-refractivity contribution in [2.75, 3.05) is 51.1 Å². The smallest absolute Gasteiger partial charge is 0.272 e. The van der Waals surface area contributed by atoms with Crippen LogP contribution in [-0.2, 0) is 21.1 Å². The molecular formula is C34H39Br2N11O4. The molecule has 0 fully saturated rings. The van der Waals surface area contributed by atoms with Crippen LogP contribution in [0.2, 0.25) is 0 Å². The fourth-order valence-corrected chi connectivity index (χ4v) is 6.44. The second-order valence-corrected chi connectivity index (χ2v) is 13.5. The van der Waals surface area contributed by atoms with E-state index in [1.54, 1.807) is 71.6 Å². The summed E-state index contributed by atoms with van der Waals surface area (Å²) in [6.45, 7) is 1.92. The van der Waals surface area contributed by atoms with Gasteiger partial charge in [-0.2, -0.15) is 0 Å². The van der Waals surface area contributed by atoms with Crippen molar-refractivity contribution in [3.63, 3.8) is 0 Å². The number of aryl methyl sites for hydroxylation is 3. The number of amides is 4. The Bertz CT molecular complexity index is 2100. The Kier molecular flexibility index (Phi) is 11.7. The summed E-state index contributed by atoms with van der Waals surface area (Å²) < 4.78 is 4.75. The van der Waals surface area contributed by atoms with E-state index in [0.717, 1.165) is 40.3 Å². The lowest BCUT2D eigenvalue weighted by atomic mass is 10.2. The van der Waals surface area contributed by atoms with E-state index in [9.17, 15) is 19.2 Å². The maximum Gasteiger partial charge on any atom is 0.272 e. The maximum atomic E-state index is 13.3. The Balaban J connectivity index is 1.21. The summed E-state index contributed by atoms with van der Waals surface area (Å²) in [6.07, 6.45) is 5.09. The van der Waals surface area contributed by atoms with Crippen LogP contribution in [0.15, 0.2) is 61.1 Å². The third-order valence-electron chi connectivity index (χ3n) is 8.09. The summed E-state index contributed by atoms with van der Waals surface area (Å²) in [5, 5.41) is 21.0. The van der Waals surface area contributed by atoms with Crippen molar-refractivity contribution in [1.29, 1.82) is 5.41 Å². The Morgan fingerprint density at radius 3 is 1.73 bits per heavy atom. The average Bonchev–Trinajstić information content (AvgIpc) is 3.85. The van der Waals surface area contributed by atoms with Gasteiger partial charge in [0.25, 0.3) is 23.6 Å². The minimum Gasteiger partial charge on any atom is -0.388 e. The molecule has 0 saturated carbocycles. The number of rotatable bonds is 15. The molecule has 1 aromatic carbocycles. The minimum atomic E-state index is -0.445. The van der Waals surface area contributed by atoms with Crippen molar-refractivity contribution >= 4 is 95.0 Å². The summed E-state index contributed by atoms with van der Waals surface area (Å²) >= 11 is 7.02. The number of carbonyl (C=O) groups excluding carboxylic acids is 4. The first-order valence-electron chi connectivity index (χ1n) is 15.9. The number of hydrogen-bond acceptors (Lipinski definition) is 6. The number of amidine groups is 1. The summed E-state index contributed by atoms with van der Waals surface area (Å²) in [6, 6.07) is 12.5. The molecule has 0 saturated heterocycles. The number of nitrogens with one attached hydrogen (secondary N) is 6. The number of alkyl halides is 2. The number of halogens is 2.